The number of H-pyrrole nitrogens is 1. The van der Waals surface area contributed by atoms with E-state index in [1.807, 2.05) is 41.5 Å². The number of thioether (sulfide) groups is 1. The second-order valence-electron chi connectivity index (χ2n) is 5.98. The Bertz CT molecular complexity index is 852. The topological polar surface area (TPSA) is 84.5 Å². The van der Waals surface area contributed by atoms with Gasteiger partial charge in [-0.1, -0.05) is 42.1 Å². The van der Waals surface area contributed by atoms with Crippen molar-refractivity contribution in [2.24, 2.45) is 0 Å². The van der Waals surface area contributed by atoms with Crippen LogP contribution in [0.3, 0.4) is 0 Å². The quantitative estimate of drug-likeness (QED) is 0.282. The van der Waals surface area contributed by atoms with Crippen molar-refractivity contribution in [3.63, 3.8) is 0 Å². The van der Waals surface area contributed by atoms with Gasteiger partial charge in [-0.15, -0.1) is 0 Å². The fraction of sp³-hybridized carbons (Fsp3) is 0.350. The number of hydrogen-bond donors (Lipinski definition) is 1. The first-order chi connectivity index (χ1) is 13.6. The monoisotopic (exact) mass is 403 g/mol. The molecule has 0 aliphatic rings. The van der Waals surface area contributed by atoms with Crippen LogP contribution < -0.4 is 5.56 Å². The molecule has 0 saturated carbocycles. The molecule has 0 radical (unpaired) electrons. The molecular formula is C20H25N3O4S. The zero-order valence-corrected chi connectivity index (χ0v) is 17.1. The molecule has 0 aliphatic heterocycles. The van der Waals surface area contributed by atoms with E-state index < -0.39 is 5.97 Å². The Hall–Kier alpha value is -2.58. The Kier molecular flexibility index (Phi) is 8.77. The lowest BCUT2D eigenvalue weighted by atomic mass is 10.1. The number of rotatable bonds is 10. The Balaban J connectivity index is 2.21. The van der Waals surface area contributed by atoms with Crippen LogP contribution >= 0.6 is 11.8 Å². The third kappa shape index (κ3) is 6.54. The van der Waals surface area contributed by atoms with Crippen LogP contribution in [0.25, 0.3) is 0 Å². The molecule has 8 heteroatoms. The molecule has 0 aliphatic carbocycles. The van der Waals surface area contributed by atoms with Gasteiger partial charge in [0.15, 0.2) is 5.16 Å². The van der Waals surface area contributed by atoms with Crippen LogP contribution in [0.5, 0.6) is 0 Å². The van der Waals surface area contributed by atoms with Gasteiger partial charge in [-0.2, -0.15) is 0 Å². The Labute approximate surface area is 168 Å². The van der Waals surface area contributed by atoms with Crippen molar-refractivity contribution in [1.29, 1.82) is 0 Å². The maximum absolute atomic E-state index is 12.3. The number of hydrogen-bond acceptors (Lipinski definition) is 7. The average Bonchev–Trinajstić information content (AvgIpc) is 2.72. The van der Waals surface area contributed by atoms with E-state index in [-0.39, 0.29) is 12.2 Å². The van der Waals surface area contributed by atoms with E-state index in [9.17, 15) is 9.59 Å². The van der Waals surface area contributed by atoms with Gasteiger partial charge in [-0.25, -0.2) is 9.78 Å². The van der Waals surface area contributed by atoms with Gasteiger partial charge in [0, 0.05) is 38.9 Å². The zero-order chi connectivity index (χ0) is 20.4. The minimum absolute atomic E-state index is 0.184. The summed E-state index contributed by atoms with van der Waals surface area (Å²) in [5, 5.41) is 0.569. The van der Waals surface area contributed by atoms with E-state index in [2.05, 4.69) is 14.7 Å². The largest absolute Gasteiger partial charge is 0.466 e. The number of carbonyl (C=O) groups is 1. The molecule has 0 amide bonds. The zero-order valence-electron chi connectivity index (χ0n) is 16.3. The van der Waals surface area contributed by atoms with Gasteiger partial charge in [0.1, 0.15) is 0 Å². The molecule has 1 heterocycles. The third-order valence-corrected chi connectivity index (χ3v) is 4.63. The van der Waals surface area contributed by atoms with Crippen molar-refractivity contribution >= 4 is 17.7 Å². The molecule has 0 saturated heterocycles. The molecule has 2 rings (SSSR count). The fourth-order valence-corrected chi connectivity index (χ4v) is 3.02. The lowest BCUT2D eigenvalue weighted by molar-refractivity contribution is -0.134. The second-order valence-corrected chi connectivity index (χ2v) is 6.77. The summed E-state index contributed by atoms with van der Waals surface area (Å²) in [5.74, 6) is -0.419. The number of esters is 1. The van der Waals surface area contributed by atoms with Crippen LogP contribution in [0.2, 0.25) is 0 Å². The van der Waals surface area contributed by atoms with Gasteiger partial charge in [0.2, 0.25) is 0 Å². The molecular weight excluding hydrogens is 378 g/mol. The molecule has 0 atom stereocenters. The van der Waals surface area contributed by atoms with E-state index in [4.69, 9.17) is 4.74 Å². The highest BCUT2D eigenvalue weighted by atomic mass is 32.2. The highest BCUT2D eigenvalue weighted by Crippen LogP contribution is 2.12. The number of carbonyl (C=O) groups excluding carboxylic acids is 1. The molecule has 150 valence electrons. The third-order valence-electron chi connectivity index (χ3n) is 4.05. The standard InChI is InChI=1S/C20H25N3O4S/c1-26-14-16-17(21-20(28-3)22-19(16)25)9-11-23(12-10-18(24)27-2)13-15-7-5-4-6-8-15/h4-8,10,12H,9,11,13-14H2,1-3H3,(H,21,22,25)/b12-10+. The summed E-state index contributed by atoms with van der Waals surface area (Å²) in [6, 6.07) is 9.94. The number of benzene rings is 1. The van der Waals surface area contributed by atoms with Crippen molar-refractivity contribution in [2.75, 3.05) is 27.0 Å². The number of methoxy groups -OCH3 is 2. The maximum Gasteiger partial charge on any atom is 0.331 e. The van der Waals surface area contributed by atoms with E-state index >= 15 is 0 Å². The molecule has 2 aromatic rings. The number of nitrogens with one attached hydrogen (secondary N) is 1. The van der Waals surface area contributed by atoms with E-state index in [0.717, 1.165) is 5.56 Å². The van der Waals surface area contributed by atoms with Gasteiger partial charge in [0.25, 0.3) is 5.56 Å². The summed E-state index contributed by atoms with van der Waals surface area (Å²) in [7, 11) is 2.89. The normalized spacial score (nSPS) is 11.0. The average molecular weight is 404 g/mol. The fourth-order valence-electron chi connectivity index (χ4n) is 2.63. The van der Waals surface area contributed by atoms with E-state index in [0.29, 0.717) is 35.9 Å². The number of ether oxygens (including phenoxy) is 2. The van der Waals surface area contributed by atoms with Crippen LogP contribution in [-0.4, -0.2) is 47.9 Å². The maximum atomic E-state index is 12.3. The van der Waals surface area contributed by atoms with Crippen molar-refractivity contribution in [3.8, 4) is 0 Å². The predicted octanol–water partition coefficient (Wildman–Crippen LogP) is 2.37. The molecule has 0 unspecified atom stereocenters. The highest BCUT2D eigenvalue weighted by molar-refractivity contribution is 7.98. The SMILES string of the molecule is COCc1c(CCN(/C=C/C(=O)OC)Cc2ccccc2)nc(SC)[nH]c1=O. The van der Waals surface area contributed by atoms with Crippen LogP contribution in [-0.2, 0) is 33.8 Å². The smallest absolute Gasteiger partial charge is 0.331 e. The highest BCUT2D eigenvalue weighted by Gasteiger charge is 2.13. The van der Waals surface area contributed by atoms with Crippen LogP contribution in [0.15, 0.2) is 52.6 Å². The summed E-state index contributed by atoms with van der Waals surface area (Å²) < 4.78 is 9.84. The molecule has 1 N–H and O–H groups in total. The number of aromatic amines is 1. The van der Waals surface area contributed by atoms with Gasteiger partial charge < -0.3 is 19.4 Å². The van der Waals surface area contributed by atoms with Crippen LogP contribution in [0.4, 0.5) is 0 Å². The number of nitrogens with zero attached hydrogens (tertiary/aromatic N) is 2. The van der Waals surface area contributed by atoms with Gasteiger partial charge in [-0.3, -0.25) is 4.79 Å². The summed E-state index contributed by atoms with van der Waals surface area (Å²) >= 11 is 1.38. The molecule has 28 heavy (non-hydrogen) atoms. The first-order valence-corrected chi connectivity index (χ1v) is 9.99. The molecule has 0 spiro atoms. The summed E-state index contributed by atoms with van der Waals surface area (Å²) in [5.41, 5.74) is 2.14. The minimum Gasteiger partial charge on any atom is -0.466 e. The Morgan fingerprint density at radius 1 is 1.29 bits per heavy atom. The van der Waals surface area contributed by atoms with Crippen molar-refractivity contribution in [3.05, 3.63) is 69.8 Å². The lowest BCUT2D eigenvalue weighted by Crippen LogP contribution is -2.24. The molecule has 0 bridgehead atoms. The van der Waals surface area contributed by atoms with Crippen LogP contribution in [0.1, 0.15) is 16.8 Å². The summed E-state index contributed by atoms with van der Waals surface area (Å²) in [6.45, 7) is 1.39. The second kappa shape index (κ2) is 11.3. The van der Waals surface area contributed by atoms with E-state index in [1.54, 1.807) is 13.3 Å². The van der Waals surface area contributed by atoms with Gasteiger partial charge >= 0.3 is 5.97 Å². The first kappa shape index (κ1) is 21.7. The lowest BCUT2D eigenvalue weighted by Gasteiger charge is -2.21. The van der Waals surface area contributed by atoms with Gasteiger partial charge in [0.05, 0.1) is 25.0 Å². The van der Waals surface area contributed by atoms with Gasteiger partial charge in [-0.05, 0) is 11.8 Å². The van der Waals surface area contributed by atoms with Crippen molar-refractivity contribution in [1.82, 2.24) is 14.9 Å². The Morgan fingerprint density at radius 3 is 2.68 bits per heavy atom. The predicted molar refractivity (Wildman–Crippen MR) is 109 cm³/mol. The van der Waals surface area contributed by atoms with Crippen molar-refractivity contribution < 1.29 is 14.3 Å². The number of aromatic nitrogens is 2. The van der Waals surface area contributed by atoms with Crippen molar-refractivity contribution in [2.45, 2.75) is 24.7 Å². The molecule has 1 aromatic heterocycles. The molecule has 1 aromatic carbocycles. The van der Waals surface area contributed by atoms with Crippen LogP contribution in [0, 0.1) is 0 Å². The summed E-state index contributed by atoms with van der Waals surface area (Å²) in [4.78, 5) is 33.1. The van der Waals surface area contributed by atoms with E-state index in [1.165, 1.54) is 24.9 Å². The molecule has 0 fully saturated rings. The minimum atomic E-state index is -0.419. The first-order valence-electron chi connectivity index (χ1n) is 8.76. The summed E-state index contributed by atoms with van der Waals surface area (Å²) in [6.07, 6.45) is 5.49. The Morgan fingerprint density at radius 2 is 2.04 bits per heavy atom. The molecule has 7 nitrogen and oxygen atoms in total.